The summed E-state index contributed by atoms with van der Waals surface area (Å²) in [6, 6.07) is 7.45. The first-order chi connectivity index (χ1) is 10.1. The third-order valence-corrected chi connectivity index (χ3v) is 4.21. The Bertz CT molecular complexity index is 478. The monoisotopic (exact) mass is 326 g/mol. The fourth-order valence-corrected chi connectivity index (χ4v) is 2.57. The second-order valence-corrected chi connectivity index (χ2v) is 6.22. The zero-order valence-electron chi connectivity index (χ0n) is 13.5. The van der Waals surface area contributed by atoms with Crippen molar-refractivity contribution in [1.82, 2.24) is 4.90 Å². The summed E-state index contributed by atoms with van der Waals surface area (Å²) in [5.41, 5.74) is 6.58. The maximum atomic E-state index is 12.5. The van der Waals surface area contributed by atoms with Crippen molar-refractivity contribution >= 4 is 18.3 Å². The molecule has 1 fully saturated rings. The first kappa shape index (κ1) is 18.8. The first-order valence-electron chi connectivity index (χ1n) is 7.80. The standard InChI is InChI=1S/C17H26N2O2.ClH/c1-3-4-11-21-15-7-5-14(6-8-15)16(20)19-10-9-17(2,12-18)13-19;/h5-8H,3-4,9-13,18H2,1-2H3;1H. The van der Waals surface area contributed by atoms with Crippen molar-refractivity contribution in [3.8, 4) is 5.75 Å². The topological polar surface area (TPSA) is 55.6 Å². The number of amides is 1. The zero-order valence-corrected chi connectivity index (χ0v) is 14.3. The summed E-state index contributed by atoms with van der Waals surface area (Å²) < 4.78 is 5.62. The van der Waals surface area contributed by atoms with E-state index < -0.39 is 0 Å². The summed E-state index contributed by atoms with van der Waals surface area (Å²) in [6.45, 7) is 7.17. The summed E-state index contributed by atoms with van der Waals surface area (Å²) >= 11 is 0. The second kappa shape index (κ2) is 8.39. The van der Waals surface area contributed by atoms with E-state index in [4.69, 9.17) is 10.5 Å². The van der Waals surface area contributed by atoms with E-state index in [1.54, 1.807) is 0 Å². The van der Waals surface area contributed by atoms with E-state index in [2.05, 4.69) is 13.8 Å². The lowest BCUT2D eigenvalue weighted by Crippen LogP contribution is -2.34. The van der Waals surface area contributed by atoms with Gasteiger partial charge < -0.3 is 15.4 Å². The number of likely N-dealkylation sites (tertiary alicyclic amines) is 1. The van der Waals surface area contributed by atoms with Crippen molar-refractivity contribution in [1.29, 1.82) is 0 Å². The van der Waals surface area contributed by atoms with Gasteiger partial charge in [0.2, 0.25) is 0 Å². The maximum Gasteiger partial charge on any atom is 0.253 e. The van der Waals surface area contributed by atoms with Gasteiger partial charge in [-0.25, -0.2) is 0 Å². The van der Waals surface area contributed by atoms with Crippen molar-refractivity contribution in [2.24, 2.45) is 11.1 Å². The predicted octanol–water partition coefficient (Wildman–Crippen LogP) is 3.10. The van der Waals surface area contributed by atoms with Crippen molar-refractivity contribution in [3.63, 3.8) is 0 Å². The van der Waals surface area contributed by atoms with Crippen LogP contribution in [0.1, 0.15) is 43.5 Å². The number of nitrogens with zero attached hydrogens (tertiary/aromatic N) is 1. The number of halogens is 1. The highest BCUT2D eigenvalue weighted by molar-refractivity contribution is 5.94. The second-order valence-electron chi connectivity index (χ2n) is 6.22. The van der Waals surface area contributed by atoms with E-state index >= 15 is 0 Å². The van der Waals surface area contributed by atoms with Crippen LogP contribution >= 0.6 is 12.4 Å². The van der Waals surface area contributed by atoms with Crippen LogP contribution in [0.4, 0.5) is 0 Å². The Morgan fingerprint density at radius 2 is 2.05 bits per heavy atom. The molecule has 1 aromatic rings. The van der Waals surface area contributed by atoms with Crippen molar-refractivity contribution < 1.29 is 9.53 Å². The molecule has 4 nitrogen and oxygen atoms in total. The van der Waals surface area contributed by atoms with Crippen LogP contribution in [0.15, 0.2) is 24.3 Å². The number of hydrogen-bond donors (Lipinski definition) is 1. The van der Waals surface area contributed by atoms with E-state index in [0.717, 1.165) is 50.3 Å². The molecule has 0 radical (unpaired) electrons. The number of carbonyl (C=O) groups is 1. The van der Waals surface area contributed by atoms with E-state index in [1.165, 1.54) is 0 Å². The fraction of sp³-hybridized carbons (Fsp3) is 0.588. The van der Waals surface area contributed by atoms with Crippen LogP contribution in [0.25, 0.3) is 0 Å². The molecular formula is C17H27ClN2O2. The van der Waals surface area contributed by atoms with Gasteiger partial charge in [0.1, 0.15) is 5.75 Å². The van der Waals surface area contributed by atoms with Gasteiger partial charge in [0.05, 0.1) is 6.61 Å². The number of unbranched alkanes of at least 4 members (excludes halogenated alkanes) is 1. The average Bonchev–Trinajstić information content (AvgIpc) is 2.91. The number of nitrogens with two attached hydrogens (primary N) is 1. The number of benzene rings is 1. The first-order valence-corrected chi connectivity index (χ1v) is 7.80. The van der Waals surface area contributed by atoms with Crippen LogP contribution < -0.4 is 10.5 Å². The maximum absolute atomic E-state index is 12.5. The van der Waals surface area contributed by atoms with Gasteiger partial charge in [0.25, 0.3) is 5.91 Å². The Morgan fingerprint density at radius 1 is 1.36 bits per heavy atom. The minimum absolute atomic E-state index is 0. The molecule has 1 aromatic carbocycles. The van der Waals surface area contributed by atoms with Crippen molar-refractivity contribution in [2.75, 3.05) is 26.2 Å². The third-order valence-electron chi connectivity index (χ3n) is 4.21. The SMILES string of the molecule is CCCCOc1ccc(C(=O)N2CCC(C)(CN)C2)cc1.Cl. The van der Waals surface area contributed by atoms with Crippen LogP contribution in [-0.2, 0) is 0 Å². The van der Waals surface area contributed by atoms with Crippen LogP contribution in [0.2, 0.25) is 0 Å². The summed E-state index contributed by atoms with van der Waals surface area (Å²) in [6.07, 6.45) is 3.14. The molecule has 2 rings (SSSR count). The molecule has 124 valence electrons. The number of carbonyl (C=O) groups excluding carboxylic acids is 1. The van der Waals surface area contributed by atoms with Crippen LogP contribution in [0.5, 0.6) is 5.75 Å². The van der Waals surface area contributed by atoms with E-state index in [1.807, 2.05) is 29.2 Å². The van der Waals surface area contributed by atoms with Crippen LogP contribution in [-0.4, -0.2) is 37.0 Å². The van der Waals surface area contributed by atoms with Gasteiger partial charge in [-0.15, -0.1) is 12.4 Å². The molecule has 0 aliphatic carbocycles. The molecule has 0 bridgehead atoms. The van der Waals surface area contributed by atoms with Gasteiger partial charge in [-0.3, -0.25) is 4.79 Å². The summed E-state index contributed by atoms with van der Waals surface area (Å²) in [5, 5.41) is 0. The average molecular weight is 327 g/mol. The largest absolute Gasteiger partial charge is 0.494 e. The van der Waals surface area contributed by atoms with Gasteiger partial charge in [0.15, 0.2) is 0 Å². The summed E-state index contributed by atoms with van der Waals surface area (Å²) in [5.74, 6) is 0.917. The van der Waals surface area contributed by atoms with Crippen LogP contribution in [0, 0.1) is 5.41 Å². The highest BCUT2D eigenvalue weighted by Crippen LogP contribution is 2.29. The van der Waals surface area contributed by atoms with Crippen LogP contribution in [0.3, 0.4) is 0 Å². The third kappa shape index (κ3) is 4.62. The molecule has 0 saturated carbocycles. The molecule has 1 unspecified atom stereocenters. The molecule has 0 aromatic heterocycles. The molecular weight excluding hydrogens is 300 g/mol. The Kier molecular flexibility index (Phi) is 7.17. The molecule has 0 spiro atoms. The highest BCUT2D eigenvalue weighted by atomic mass is 35.5. The molecule has 22 heavy (non-hydrogen) atoms. The van der Waals surface area contributed by atoms with E-state index in [0.29, 0.717) is 6.54 Å². The van der Waals surface area contributed by atoms with Crippen molar-refractivity contribution in [2.45, 2.75) is 33.1 Å². The molecule has 1 aliphatic heterocycles. The Balaban J connectivity index is 0.00000242. The lowest BCUT2D eigenvalue weighted by atomic mass is 9.90. The Hall–Kier alpha value is -1.26. The Labute approximate surface area is 139 Å². The quantitative estimate of drug-likeness (QED) is 0.817. The molecule has 5 heteroatoms. The van der Waals surface area contributed by atoms with Gasteiger partial charge in [0, 0.05) is 18.7 Å². The molecule has 1 atom stereocenters. The number of hydrogen-bond acceptors (Lipinski definition) is 3. The zero-order chi connectivity index (χ0) is 15.3. The predicted molar refractivity (Wildman–Crippen MR) is 91.8 cm³/mol. The van der Waals surface area contributed by atoms with Crippen molar-refractivity contribution in [3.05, 3.63) is 29.8 Å². The lowest BCUT2D eigenvalue weighted by Gasteiger charge is -2.22. The number of rotatable bonds is 6. The molecule has 2 N–H and O–H groups in total. The minimum Gasteiger partial charge on any atom is -0.494 e. The van der Waals surface area contributed by atoms with Gasteiger partial charge >= 0.3 is 0 Å². The van der Waals surface area contributed by atoms with Gasteiger partial charge in [-0.2, -0.15) is 0 Å². The molecule has 1 heterocycles. The number of ether oxygens (including phenoxy) is 1. The van der Waals surface area contributed by atoms with E-state index in [-0.39, 0.29) is 23.7 Å². The van der Waals surface area contributed by atoms with Gasteiger partial charge in [-0.05, 0) is 49.1 Å². The fourth-order valence-electron chi connectivity index (χ4n) is 2.57. The van der Waals surface area contributed by atoms with Gasteiger partial charge in [-0.1, -0.05) is 20.3 Å². The highest BCUT2D eigenvalue weighted by Gasteiger charge is 2.35. The summed E-state index contributed by atoms with van der Waals surface area (Å²) in [4.78, 5) is 14.4. The molecule has 1 amide bonds. The molecule has 1 saturated heterocycles. The lowest BCUT2D eigenvalue weighted by molar-refractivity contribution is 0.0777. The van der Waals surface area contributed by atoms with E-state index in [9.17, 15) is 4.79 Å². The minimum atomic E-state index is 0. The summed E-state index contributed by atoms with van der Waals surface area (Å²) in [7, 11) is 0. The normalized spacial score (nSPS) is 20.6. The Morgan fingerprint density at radius 3 is 2.59 bits per heavy atom. The molecule has 1 aliphatic rings. The smallest absolute Gasteiger partial charge is 0.253 e.